The number of ether oxygens (including phenoxy) is 1. The Balaban J connectivity index is 1.88. The first-order valence-corrected chi connectivity index (χ1v) is 8.86. The van der Waals surface area contributed by atoms with Crippen molar-refractivity contribution in [2.45, 2.75) is 65.4 Å². The number of rotatable bonds is 5. The first-order chi connectivity index (χ1) is 8.56. The molecular weight excluding hydrogens is 288 g/mol. The Labute approximate surface area is 121 Å². The molecule has 1 nitrogen and oxygen atoms in total. The molecule has 0 N–H and O–H groups in total. The summed E-state index contributed by atoms with van der Waals surface area (Å²) < 4.78 is 6.40. The Morgan fingerprint density at radius 2 is 2.00 bits per heavy atom. The molecule has 0 amide bonds. The van der Waals surface area contributed by atoms with Gasteiger partial charge in [-0.05, 0) is 43.4 Å². The second kappa shape index (κ2) is 6.26. The van der Waals surface area contributed by atoms with Crippen molar-refractivity contribution in [1.82, 2.24) is 0 Å². The Morgan fingerprint density at radius 3 is 2.50 bits per heavy atom. The van der Waals surface area contributed by atoms with Crippen LogP contribution in [0.3, 0.4) is 0 Å². The van der Waals surface area contributed by atoms with Crippen molar-refractivity contribution >= 4 is 15.9 Å². The van der Waals surface area contributed by atoms with E-state index in [2.05, 4.69) is 36.7 Å². The summed E-state index contributed by atoms with van der Waals surface area (Å²) in [6.07, 6.45) is 8.66. The fraction of sp³-hybridized carbons (Fsp3) is 1.00. The molecule has 3 unspecified atom stereocenters. The molecule has 0 aromatic heterocycles. The molecule has 0 bridgehead atoms. The van der Waals surface area contributed by atoms with Gasteiger partial charge in [-0.2, -0.15) is 0 Å². The maximum absolute atomic E-state index is 6.40. The zero-order valence-electron chi connectivity index (χ0n) is 12.3. The molecule has 0 spiro atoms. The average Bonchev–Trinajstić information content (AvgIpc) is 2.28. The van der Waals surface area contributed by atoms with Gasteiger partial charge >= 0.3 is 0 Å². The van der Waals surface area contributed by atoms with Crippen molar-refractivity contribution in [3.8, 4) is 0 Å². The molecule has 0 saturated heterocycles. The lowest BCUT2D eigenvalue weighted by molar-refractivity contribution is -0.0845. The van der Waals surface area contributed by atoms with Gasteiger partial charge in [0, 0.05) is 10.7 Å². The van der Waals surface area contributed by atoms with E-state index >= 15 is 0 Å². The minimum absolute atomic E-state index is 0.474. The van der Waals surface area contributed by atoms with Crippen LogP contribution in [0.5, 0.6) is 0 Å². The van der Waals surface area contributed by atoms with E-state index in [1.807, 2.05) is 0 Å². The Kier molecular flexibility index (Phi) is 5.16. The van der Waals surface area contributed by atoms with Crippen molar-refractivity contribution in [3.63, 3.8) is 0 Å². The first kappa shape index (κ1) is 14.8. The minimum atomic E-state index is 0.474. The van der Waals surface area contributed by atoms with Crippen LogP contribution in [-0.4, -0.2) is 18.0 Å². The highest BCUT2D eigenvalue weighted by atomic mass is 79.9. The van der Waals surface area contributed by atoms with Crippen LogP contribution in [0.2, 0.25) is 0 Å². The Morgan fingerprint density at radius 1 is 1.28 bits per heavy atom. The van der Waals surface area contributed by atoms with Crippen LogP contribution >= 0.6 is 15.9 Å². The van der Waals surface area contributed by atoms with Crippen molar-refractivity contribution < 1.29 is 4.74 Å². The highest BCUT2D eigenvalue weighted by molar-refractivity contribution is 9.09. The summed E-state index contributed by atoms with van der Waals surface area (Å²) in [4.78, 5) is 0. The zero-order chi connectivity index (χ0) is 13.2. The monoisotopic (exact) mass is 316 g/mol. The highest BCUT2D eigenvalue weighted by Crippen LogP contribution is 2.44. The van der Waals surface area contributed by atoms with Crippen LogP contribution in [0.25, 0.3) is 0 Å². The first-order valence-electron chi connectivity index (χ1n) is 7.74. The molecule has 0 aliphatic heterocycles. The summed E-state index contributed by atoms with van der Waals surface area (Å²) in [7, 11) is 0. The maximum atomic E-state index is 6.40. The molecule has 2 saturated carbocycles. The summed E-state index contributed by atoms with van der Waals surface area (Å²) in [6.45, 7) is 8.09. The SMILES string of the molecule is CC1CCC(C(C)C)C(OCC2(CBr)CCC2)C1. The molecule has 2 fully saturated rings. The van der Waals surface area contributed by atoms with Crippen LogP contribution < -0.4 is 0 Å². The van der Waals surface area contributed by atoms with E-state index in [1.165, 1.54) is 38.5 Å². The lowest BCUT2D eigenvalue weighted by Gasteiger charge is -2.44. The van der Waals surface area contributed by atoms with E-state index in [-0.39, 0.29) is 0 Å². The molecule has 0 heterocycles. The largest absolute Gasteiger partial charge is 0.377 e. The molecule has 106 valence electrons. The van der Waals surface area contributed by atoms with Gasteiger partial charge in [0.05, 0.1) is 12.7 Å². The second-order valence-electron chi connectivity index (χ2n) is 7.16. The predicted molar refractivity (Wildman–Crippen MR) is 81.2 cm³/mol. The topological polar surface area (TPSA) is 9.23 Å². The van der Waals surface area contributed by atoms with Gasteiger partial charge in [-0.15, -0.1) is 0 Å². The van der Waals surface area contributed by atoms with Gasteiger partial charge in [0.1, 0.15) is 0 Å². The quantitative estimate of drug-likeness (QED) is 0.646. The normalized spacial score (nSPS) is 35.5. The smallest absolute Gasteiger partial charge is 0.0608 e. The number of hydrogen-bond acceptors (Lipinski definition) is 1. The average molecular weight is 317 g/mol. The highest BCUT2D eigenvalue weighted by Gasteiger charge is 2.39. The van der Waals surface area contributed by atoms with Crippen LogP contribution in [-0.2, 0) is 4.74 Å². The Hall–Kier alpha value is 0.440. The van der Waals surface area contributed by atoms with Crippen LogP contribution in [0.1, 0.15) is 59.3 Å². The molecule has 0 aromatic rings. The van der Waals surface area contributed by atoms with E-state index in [0.717, 1.165) is 29.7 Å². The molecule has 0 radical (unpaired) electrons. The number of alkyl halides is 1. The standard InChI is InChI=1S/C16H29BrO/c1-12(2)14-6-5-13(3)9-15(14)18-11-16(10-17)7-4-8-16/h12-15H,4-11H2,1-3H3. The molecule has 2 aliphatic carbocycles. The fourth-order valence-electron chi connectivity index (χ4n) is 3.58. The van der Waals surface area contributed by atoms with Crippen molar-refractivity contribution in [2.75, 3.05) is 11.9 Å². The fourth-order valence-corrected chi connectivity index (χ4v) is 4.31. The van der Waals surface area contributed by atoms with E-state index in [1.54, 1.807) is 0 Å². The molecule has 3 atom stereocenters. The summed E-state index contributed by atoms with van der Waals surface area (Å²) >= 11 is 3.68. The van der Waals surface area contributed by atoms with Gasteiger partial charge in [-0.1, -0.05) is 49.5 Å². The zero-order valence-corrected chi connectivity index (χ0v) is 13.8. The maximum Gasteiger partial charge on any atom is 0.0608 e. The summed E-state index contributed by atoms with van der Waals surface area (Å²) in [5.41, 5.74) is 0.474. The number of halogens is 1. The van der Waals surface area contributed by atoms with E-state index in [4.69, 9.17) is 4.74 Å². The lowest BCUT2D eigenvalue weighted by Crippen LogP contribution is -2.41. The van der Waals surface area contributed by atoms with Gasteiger partial charge in [0.25, 0.3) is 0 Å². The predicted octanol–water partition coefficient (Wildman–Crippen LogP) is 5.03. The Bertz CT molecular complexity index is 254. The van der Waals surface area contributed by atoms with Gasteiger partial charge in [-0.3, -0.25) is 0 Å². The van der Waals surface area contributed by atoms with Crippen molar-refractivity contribution in [3.05, 3.63) is 0 Å². The van der Waals surface area contributed by atoms with Crippen molar-refractivity contribution in [2.24, 2.45) is 23.2 Å². The molecule has 0 aromatic carbocycles. The van der Waals surface area contributed by atoms with Crippen LogP contribution in [0.15, 0.2) is 0 Å². The van der Waals surface area contributed by atoms with Gasteiger partial charge in [0.2, 0.25) is 0 Å². The molecular formula is C16H29BrO. The third-order valence-corrected chi connectivity index (χ3v) is 6.45. The van der Waals surface area contributed by atoms with E-state index in [9.17, 15) is 0 Å². The summed E-state index contributed by atoms with van der Waals surface area (Å²) in [5, 5.41) is 1.12. The lowest BCUT2D eigenvalue weighted by atomic mass is 9.70. The van der Waals surface area contributed by atoms with Gasteiger partial charge in [0.15, 0.2) is 0 Å². The third kappa shape index (κ3) is 3.30. The minimum Gasteiger partial charge on any atom is -0.377 e. The molecule has 2 rings (SSSR count). The van der Waals surface area contributed by atoms with Gasteiger partial charge < -0.3 is 4.74 Å². The van der Waals surface area contributed by atoms with Crippen LogP contribution in [0, 0.1) is 23.2 Å². The summed E-state index contributed by atoms with van der Waals surface area (Å²) in [6, 6.07) is 0. The molecule has 2 heteroatoms. The van der Waals surface area contributed by atoms with Gasteiger partial charge in [-0.25, -0.2) is 0 Å². The number of hydrogen-bond donors (Lipinski definition) is 0. The van der Waals surface area contributed by atoms with Crippen LogP contribution in [0.4, 0.5) is 0 Å². The van der Waals surface area contributed by atoms with E-state index < -0.39 is 0 Å². The second-order valence-corrected chi connectivity index (χ2v) is 7.72. The molecule has 2 aliphatic rings. The third-order valence-electron chi connectivity index (χ3n) is 5.26. The van der Waals surface area contributed by atoms with Crippen molar-refractivity contribution in [1.29, 1.82) is 0 Å². The summed E-state index contributed by atoms with van der Waals surface area (Å²) in [5.74, 6) is 2.41. The molecule has 18 heavy (non-hydrogen) atoms. The van der Waals surface area contributed by atoms with E-state index in [0.29, 0.717) is 11.5 Å².